The van der Waals surface area contributed by atoms with Crippen molar-refractivity contribution in [3.8, 4) is 0 Å². The van der Waals surface area contributed by atoms with Crippen LogP contribution in [0.1, 0.15) is 43.0 Å². The van der Waals surface area contributed by atoms with Crippen molar-refractivity contribution in [1.82, 2.24) is 9.88 Å². The van der Waals surface area contributed by atoms with E-state index in [1.54, 1.807) is 0 Å². The van der Waals surface area contributed by atoms with Gasteiger partial charge in [0.2, 0.25) is 0 Å². The Kier molecular flexibility index (Phi) is 9.09. The zero-order valence-electron chi connectivity index (χ0n) is 17.2. The van der Waals surface area contributed by atoms with Gasteiger partial charge in [0.15, 0.2) is 0 Å². The molecule has 0 bridgehead atoms. The standard InChI is InChI=1S/C22H32N2O3S/c1-4-7-19(13-15-27-28(3,25)26)16-20-9-11-21(12-10-20)17-24(2)18-22-8-5-6-14-23-22/h5-6,8-12,14,19H,4,7,13,15-18H2,1-3H3. The van der Waals surface area contributed by atoms with Crippen molar-refractivity contribution >= 4 is 10.1 Å². The molecule has 1 heterocycles. The van der Waals surface area contributed by atoms with Crippen LogP contribution >= 0.6 is 0 Å². The van der Waals surface area contributed by atoms with E-state index < -0.39 is 10.1 Å². The summed E-state index contributed by atoms with van der Waals surface area (Å²) >= 11 is 0. The van der Waals surface area contributed by atoms with Gasteiger partial charge in [0.25, 0.3) is 10.1 Å². The molecule has 0 aliphatic rings. The van der Waals surface area contributed by atoms with Gasteiger partial charge in [-0.15, -0.1) is 0 Å². The predicted molar refractivity (Wildman–Crippen MR) is 113 cm³/mol. The molecule has 0 aliphatic heterocycles. The third-order valence-electron chi connectivity index (χ3n) is 4.68. The molecule has 1 aromatic heterocycles. The van der Waals surface area contributed by atoms with E-state index in [0.29, 0.717) is 5.92 Å². The summed E-state index contributed by atoms with van der Waals surface area (Å²) in [7, 11) is -1.26. The smallest absolute Gasteiger partial charge is 0.264 e. The summed E-state index contributed by atoms with van der Waals surface area (Å²) in [6.45, 7) is 4.11. The summed E-state index contributed by atoms with van der Waals surface area (Å²) in [6, 6.07) is 14.7. The molecular formula is C22H32N2O3S. The fraction of sp³-hybridized carbons (Fsp3) is 0.500. The third kappa shape index (κ3) is 8.95. The van der Waals surface area contributed by atoms with Gasteiger partial charge in [-0.05, 0) is 49.1 Å². The Morgan fingerprint density at radius 1 is 1.04 bits per heavy atom. The molecule has 0 spiro atoms. The van der Waals surface area contributed by atoms with E-state index in [9.17, 15) is 8.42 Å². The average Bonchev–Trinajstić information content (AvgIpc) is 2.63. The van der Waals surface area contributed by atoms with Crippen molar-refractivity contribution in [2.45, 2.75) is 45.7 Å². The van der Waals surface area contributed by atoms with E-state index in [0.717, 1.165) is 50.7 Å². The Morgan fingerprint density at radius 2 is 1.75 bits per heavy atom. The first-order valence-corrected chi connectivity index (χ1v) is 11.7. The molecule has 28 heavy (non-hydrogen) atoms. The van der Waals surface area contributed by atoms with Gasteiger partial charge in [0, 0.05) is 19.3 Å². The topological polar surface area (TPSA) is 59.5 Å². The van der Waals surface area contributed by atoms with Crippen LogP contribution in [-0.4, -0.2) is 38.2 Å². The number of aromatic nitrogens is 1. The number of benzene rings is 1. The van der Waals surface area contributed by atoms with Crippen LogP contribution in [0, 0.1) is 5.92 Å². The van der Waals surface area contributed by atoms with Gasteiger partial charge < -0.3 is 0 Å². The van der Waals surface area contributed by atoms with Crippen LogP contribution in [-0.2, 0) is 33.8 Å². The molecule has 1 atom stereocenters. The number of rotatable bonds is 12. The maximum absolute atomic E-state index is 11.1. The van der Waals surface area contributed by atoms with E-state index in [-0.39, 0.29) is 6.61 Å². The van der Waals surface area contributed by atoms with Gasteiger partial charge in [0.1, 0.15) is 0 Å². The largest absolute Gasteiger partial charge is 0.296 e. The number of hydrogen-bond acceptors (Lipinski definition) is 5. The minimum Gasteiger partial charge on any atom is -0.296 e. The molecule has 0 saturated heterocycles. The Balaban J connectivity index is 1.85. The SMILES string of the molecule is CCCC(CCOS(C)(=O)=O)Cc1ccc(CN(C)Cc2ccccn2)cc1. The van der Waals surface area contributed by atoms with E-state index in [2.05, 4.69) is 48.1 Å². The van der Waals surface area contributed by atoms with Crippen molar-refractivity contribution in [1.29, 1.82) is 0 Å². The normalized spacial score (nSPS) is 13.0. The maximum atomic E-state index is 11.1. The van der Waals surface area contributed by atoms with Gasteiger partial charge in [-0.2, -0.15) is 8.42 Å². The molecule has 0 N–H and O–H groups in total. The van der Waals surface area contributed by atoms with Gasteiger partial charge in [-0.3, -0.25) is 14.1 Å². The van der Waals surface area contributed by atoms with Crippen LogP contribution in [0.2, 0.25) is 0 Å². The molecule has 0 fully saturated rings. The van der Waals surface area contributed by atoms with Gasteiger partial charge in [-0.25, -0.2) is 0 Å². The summed E-state index contributed by atoms with van der Waals surface area (Å²) in [4.78, 5) is 6.62. The Labute approximate surface area is 169 Å². The summed E-state index contributed by atoms with van der Waals surface area (Å²) in [5.74, 6) is 0.435. The van der Waals surface area contributed by atoms with E-state index in [1.807, 2.05) is 24.4 Å². The molecule has 0 radical (unpaired) electrons. The van der Waals surface area contributed by atoms with Crippen LogP contribution in [0.3, 0.4) is 0 Å². The molecule has 1 unspecified atom stereocenters. The number of hydrogen-bond donors (Lipinski definition) is 0. The first-order chi connectivity index (χ1) is 13.4. The lowest BCUT2D eigenvalue weighted by Crippen LogP contribution is -2.18. The summed E-state index contributed by atoms with van der Waals surface area (Å²) in [5.41, 5.74) is 3.63. The minimum atomic E-state index is -3.36. The van der Waals surface area contributed by atoms with Gasteiger partial charge >= 0.3 is 0 Å². The van der Waals surface area contributed by atoms with Crippen molar-refractivity contribution in [3.63, 3.8) is 0 Å². The van der Waals surface area contributed by atoms with E-state index in [1.165, 1.54) is 11.1 Å². The second-order valence-corrected chi connectivity index (χ2v) is 9.13. The molecule has 6 heteroatoms. The first kappa shape index (κ1) is 22.5. The van der Waals surface area contributed by atoms with Gasteiger partial charge in [-0.1, -0.05) is 50.1 Å². The van der Waals surface area contributed by atoms with E-state index in [4.69, 9.17) is 4.18 Å². The minimum absolute atomic E-state index is 0.264. The fourth-order valence-electron chi connectivity index (χ4n) is 3.37. The molecule has 0 amide bonds. The lowest BCUT2D eigenvalue weighted by molar-refractivity contribution is 0.276. The first-order valence-electron chi connectivity index (χ1n) is 9.86. The zero-order valence-corrected chi connectivity index (χ0v) is 18.0. The molecule has 5 nitrogen and oxygen atoms in total. The Bertz CT molecular complexity index is 792. The highest BCUT2D eigenvalue weighted by molar-refractivity contribution is 7.85. The molecule has 154 valence electrons. The van der Waals surface area contributed by atoms with Crippen LogP contribution in [0.25, 0.3) is 0 Å². The van der Waals surface area contributed by atoms with Crippen LogP contribution in [0.15, 0.2) is 48.7 Å². The molecule has 0 aliphatic carbocycles. The van der Waals surface area contributed by atoms with Crippen LogP contribution < -0.4 is 0 Å². The number of nitrogens with zero attached hydrogens (tertiary/aromatic N) is 2. The van der Waals surface area contributed by atoms with Crippen molar-refractivity contribution < 1.29 is 12.6 Å². The maximum Gasteiger partial charge on any atom is 0.264 e. The summed E-state index contributed by atoms with van der Waals surface area (Å²) in [6.07, 6.45) is 6.79. The highest BCUT2D eigenvalue weighted by Gasteiger charge is 2.11. The summed E-state index contributed by atoms with van der Waals surface area (Å²) in [5, 5.41) is 0. The third-order valence-corrected chi connectivity index (χ3v) is 5.27. The quantitative estimate of drug-likeness (QED) is 0.500. The lowest BCUT2D eigenvalue weighted by Gasteiger charge is -2.18. The Hall–Kier alpha value is -1.76. The predicted octanol–water partition coefficient (Wildman–Crippen LogP) is 4.04. The van der Waals surface area contributed by atoms with Crippen LogP contribution in [0.5, 0.6) is 0 Å². The second kappa shape index (κ2) is 11.3. The Morgan fingerprint density at radius 3 is 2.36 bits per heavy atom. The lowest BCUT2D eigenvalue weighted by atomic mass is 9.92. The van der Waals surface area contributed by atoms with Crippen LogP contribution in [0.4, 0.5) is 0 Å². The molecular weight excluding hydrogens is 372 g/mol. The van der Waals surface area contributed by atoms with Crippen molar-refractivity contribution in [2.75, 3.05) is 19.9 Å². The fourth-order valence-corrected chi connectivity index (χ4v) is 3.77. The molecule has 1 aromatic carbocycles. The van der Waals surface area contributed by atoms with Crippen molar-refractivity contribution in [3.05, 3.63) is 65.5 Å². The van der Waals surface area contributed by atoms with Gasteiger partial charge in [0.05, 0.1) is 18.6 Å². The average molecular weight is 405 g/mol. The highest BCUT2D eigenvalue weighted by Crippen LogP contribution is 2.19. The zero-order chi connectivity index (χ0) is 20.4. The second-order valence-electron chi connectivity index (χ2n) is 7.48. The van der Waals surface area contributed by atoms with E-state index >= 15 is 0 Å². The molecule has 2 aromatic rings. The summed E-state index contributed by atoms with van der Waals surface area (Å²) < 4.78 is 27.2. The molecule has 0 saturated carbocycles. The van der Waals surface area contributed by atoms with Crippen molar-refractivity contribution in [2.24, 2.45) is 5.92 Å². The monoisotopic (exact) mass is 404 g/mol. The number of pyridine rings is 1. The highest BCUT2D eigenvalue weighted by atomic mass is 32.2. The molecule has 2 rings (SSSR count).